The van der Waals surface area contributed by atoms with Gasteiger partial charge in [0.15, 0.2) is 0 Å². The van der Waals surface area contributed by atoms with E-state index in [1.54, 1.807) is 6.08 Å². The van der Waals surface area contributed by atoms with E-state index in [1.807, 2.05) is 0 Å². The van der Waals surface area contributed by atoms with E-state index < -0.39 is 5.91 Å². The Morgan fingerprint density at radius 3 is 3.00 bits per heavy atom. The molecular formula is C5H9ClN2O2. The van der Waals surface area contributed by atoms with Crippen molar-refractivity contribution in [2.45, 2.75) is 0 Å². The van der Waals surface area contributed by atoms with E-state index in [-0.39, 0.29) is 6.61 Å². The van der Waals surface area contributed by atoms with E-state index in [0.717, 1.165) is 0 Å². The third-order valence-electron chi connectivity index (χ3n) is 0.607. The normalized spacial score (nSPS) is 10.5. The molecule has 0 fully saturated rings. The van der Waals surface area contributed by atoms with Crippen LogP contribution in [0.4, 0.5) is 0 Å². The second-order valence-electron chi connectivity index (χ2n) is 1.47. The molecule has 3 N–H and O–H groups in total. The smallest absolute Gasteiger partial charge is 0.245 e. The van der Waals surface area contributed by atoms with Gasteiger partial charge in [0.2, 0.25) is 5.91 Å². The Labute approximate surface area is 63.9 Å². The fraction of sp³-hybridized carbons (Fsp3) is 0.400. The van der Waals surface area contributed by atoms with Crippen molar-refractivity contribution in [2.24, 2.45) is 5.73 Å². The first-order valence-electron chi connectivity index (χ1n) is 2.65. The Kier molecular flexibility index (Phi) is 6.16. The lowest BCUT2D eigenvalue weighted by Crippen LogP contribution is -2.24. The van der Waals surface area contributed by atoms with Gasteiger partial charge in [0.05, 0.1) is 0 Å². The number of nitrogens with one attached hydrogen (secondary N) is 1. The van der Waals surface area contributed by atoms with Gasteiger partial charge in [-0.05, 0) is 0 Å². The fourth-order valence-corrected chi connectivity index (χ4v) is 0.363. The van der Waals surface area contributed by atoms with Gasteiger partial charge in [0.1, 0.15) is 6.61 Å². The third kappa shape index (κ3) is 7.42. The van der Waals surface area contributed by atoms with E-state index in [9.17, 15) is 4.79 Å². The summed E-state index contributed by atoms with van der Waals surface area (Å²) in [5.74, 6) is -0.512. The lowest BCUT2D eigenvalue weighted by molar-refractivity contribution is -0.124. The Morgan fingerprint density at radius 1 is 1.80 bits per heavy atom. The molecule has 0 aromatic heterocycles. The molecule has 0 aromatic rings. The van der Waals surface area contributed by atoms with Crippen molar-refractivity contribution in [3.63, 3.8) is 0 Å². The molecule has 0 heterocycles. The Morgan fingerprint density at radius 2 is 2.50 bits per heavy atom. The van der Waals surface area contributed by atoms with Crippen LogP contribution in [0.1, 0.15) is 0 Å². The van der Waals surface area contributed by atoms with Crippen LogP contribution in [0.5, 0.6) is 0 Å². The molecule has 58 valence electrons. The number of halogens is 1. The molecule has 0 aliphatic heterocycles. The molecule has 0 aromatic carbocycles. The molecule has 0 atom stereocenters. The number of amides is 1. The molecule has 0 spiro atoms. The molecule has 0 rings (SSSR count). The Bertz CT molecular complexity index is 127. The molecule has 4 nitrogen and oxygen atoms in total. The zero-order valence-corrected chi connectivity index (χ0v) is 6.10. The molecule has 0 unspecified atom stereocenters. The summed E-state index contributed by atoms with van der Waals surface area (Å²) in [5.41, 5.74) is 8.55. The number of hydrogen-bond acceptors (Lipinski definition) is 3. The zero-order chi connectivity index (χ0) is 7.82. The molecule has 0 radical (unpaired) electrons. The second-order valence-corrected chi connectivity index (χ2v) is 1.72. The first-order valence-corrected chi connectivity index (χ1v) is 3.09. The average molecular weight is 165 g/mol. The second kappa shape index (κ2) is 6.54. The average Bonchev–Trinajstić information content (AvgIpc) is 1.87. The van der Waals surface area contributed by atoms with Gasteiger partial charge < -0.3 is 5.73 Å². The molecule has 0 bridgehead atoms. The number of rotatable bonds is 5. The highest BCUT2D eigenvalue weighted by atomic mass is 35.5. The number of carbonyl (C=O) groups excluding carboxylic acids is 1. The molecule has 0 aliphatic carbocycles. The van der Waals surface area contributed by atoms with Gasteiger partial charge in [-0.2, -0.15) is 5.48 Å². The molecule has 0 saturated carbocycles. The lowest BCUT2D eigenvalue weighted by atomic mass is 10.7. The summed E-state index contributed by atoms with van der Waals surface area (Å²) in [7, 11) is 0. The van der Waals surface area contributed by atoms with Crippen LogP contribution < -0.4 is 11.2 Å². The zero-order valence-electron chi connectivity index (χ0n) is 5.34. The summed E-state index contributed by atoms with van der Waals surface area (Å²) < 4.78 is 0. The van der Waals surface area contributed by atoms with Gasteiger partial charge in [0.25, 0.3) is 0 Å². The highest BCUT2D eigenvalue weighted by Crippen LogP contribution is 1.75. The van der Waals surface area contributed by atoms with Gasteiger partial charge >= 0.3 is 0 Å². The number of primary amides is 1. The van der Waals surface area contributed by atoms with E-state index in [2.05, 4.69) is 10.3 Å². The van der Waals surface area contributed by atoms with Crippen molar-refractivity contribution < 1.29 is 9.63 Å². The van der Waals surface area contributed by atoms with Crippen molar-refractivity contribution in [3.05, 3.63) is 11.6 Å². The Hall–Kier alpha value is -0.580. The maximum atomic E-state index is 10.0. The summed E-state index contributed by atoms with van der Waals surface area (Å²) in [4.78, 5) is 14.6. The van der Waals surface area contributed by atoms with Gasteiger partial charge in [0, 0.05) is 12.1 Å². The van der Waals surface area contributed by atoms with E-state index in [1.165, 1.54) is 5.54 Å². The first kappa shape index (κ1) is 9.42. The number of hydrogen-bond donors (Lipinski definition) is 2. The van der Waals surface area contributed by atoms with Crippen molar-refractivity contribution in [1.29, 1.82) is 0 Å². The molecule has 0 saturated heterocycles. The Balaban J connectivity index is 2.98. The maximum absolute atomic E-state index is 10.0. The number of carbonyl (C=O) groups is 1. The molecule has 1 amide bonds. The quantitative estimate of drug-likeness (QED) is 0.435. The highest BCUT2D eigenvalue weighted by molar-refractivity contribution is 6.25. The van der Waals surface area contributed by atoms with Crippen molar-refractivity contribution in [1.82, 2.24) is 5.48 Å². The van der Waals surface area contributed by atoms with Crippen LogP contribution in [0.3, 0.4) is 0 Å². The van der Waals surface area contributed by atoms with Crippen LogP contribution in [0, 0.1) is 0 Å². The summed E-state index contributed by atoms with van der Waals surface area (Å²) >= 11 is 5.18. The predicted molar refractivity (Wildman–Crippen MR) is 38.1 cm³/mol. The SMILES string of the molecule is NC(=O)CONC/C=C/Cl. The largest absolute Gasteiger partial charge is 0.368 e. The van der Waals surface area contributed by atoms with Gasteiger partial charge in [-0.15, -0.1) is 0 Å². The summed E-state index contributed by atoms with van der Waals surface area (Å²) in [6.07, 6.45) is 1.63. The summed E-state index contributed by atoms with van der Waals surface area (Å²) in [6.45, 7) is 0.326. The van der Waals surface area contributed by atoms with Crippen LogP contribution in [-0.2, 0) is 9.63 Å². The lowest BCUT2D eigenvalue weighted by Gasteiger charge is -1.98. The molecule has 10 heavy (non-hydrogen) atoms. The minimum absolute atomic E-state index is 0.129. The topological polar surface area (TPSA) is 64.4 Å². The van der Waals surface area contributed by atoms with Gasteiger partial charge in [-0.1, -0.05) is 17.7 Å². The number of hydroxylamine groups is 1. The van der Waals surface area contributed by atoms with Crippen molar-refractivity contribution in [2.75, 3.05) is 13.2 Å². The van der Waals surface area contributed by atoms with Gasteiger partial charge in [-0.3, -0.25) is 9.63 Å². The fourth-order valence-electron chi connectivity index (χ4n) is 0.274. The van der Waals surface area contributed by atoms with Crippen LogP contribution in [0.25, 0.3) is 0 Å². The van der Waals surface area contributed by atoms with E-state index in [4.69, 9.17) is 17.3 Å². The number of nitrogens with two attached hydrogens (primary N) is 1. The highest BCUT2D eigenvalue weighted by Gasteiger charge is 1.90. The minimum Gasteiger partial charge on any atom is -0.368 e. The third-order valence-corrected chi connectivity index (χ3v) is 0.785. The predicted octanol–water partition coefficient (Wildman–Crippen LogP) is -0.255. The monoisotopic (exact) mass is 164 g/mol. The van der Waals surface area contributed by atoms with Crippen LogP contribution in [-0.4, -0.2) is 19.1 Å². The molecule has 0 aliphatic rings. The van der Waals surface area contributed by atoms with E-state index in [0.29, 0.717) is 6.54 Å². The minimum atomic E-state index is -0.512. The first-order chi connectivity index (χ1) is 4.77. The standard InChI is InChI=1S/C5H9ClN2O2/c6-2-1-3-8-10-4-5(7)9/h1-2,8H,3-4H2,(H2,7,9)/b2-1+. The van der Waals surface area contributed by atoms with Gasteiger partial charge in [-0.25, -0.2) is 0 Å². The maximum Gasteiger partial charge on any atom is 0.245 e. The van der Waals surface area contributed by atoms with Crippen LogP contribution >= 0.6 is 11.6 Å². The van der Waals surface area contributed by atoms with Crippen molar-refractivity contribution >= 4 is 17.5 Å². The summed E-state index contributed by atoms with van der Waals surface area (Å²) in [6, 6.07) is 0. The molecule has 5 heteroatoms. The van der Waals surface area contributed by atoms with Crippen LogP contribution in [0.2, 0.25) is 0 Å². The van der Waals surface area contributed by atoms with Crippen molar-refractivity contribution in [3.8, 4) is 0 Å². The van der Waals surface area contributed by atoms with E-state index >= 15 is 0 Å². The van der Waals surface area contributed by atoms with Crippen LogP contribution in [0.15, 0.2) is 11.6 Å². The molecular weight excluding hydrogens is 156 g/mol. The summed E-state index contributed by atoms with van der Waals surface area (Å²) in [5, 5.41) is 0.